The van der Waals surface area contributed by atoms with E-state index in [2.05, 4.69) is 52.5 Å². The Morgan fingerprint density at radius 1 is 1.04 bits per heavy atom. The van der Waals surface area contributed by atoms with Gasteiger partial charge in [-0.15, -0.1) is 11.3 Å². The predicted octanol–water partition coefficient (Wildman–Crippen LogP) is 5.01. The van der Waals surface area contributed by atoms with Crippen molar-refractivity contribution in [3.8, 4) is 21.9 Å². The molecule has 0 radical (unpaired) electrons. The van der Waals surface area contributed by atoms with Crippen LogP contribution >= 0.6 is 11.3 Å². The highest BCUT2D eigenvalue weighted by Gasteiger charge is 2.14. The van der Waals surface area contributed by atoms with Gasteiger partial charge in [0.25, 0.3) is 0 Å². The molecule has 1 aliphatic rings. The molecule has 27 heavy (non-hydrogen) atoms. The fourth-order valence-electron chi connectivity index (χ4n) is 3.20. The van der Waals surface area contributed by atoms with Crippen molar-refractivity contribution in [1.29, 1.82) is 0 Å². The van der Waals surface area contributed by atoms with Crippen LogP contribution in [0.2, 0.25) is 0 Å². The predicted molar refractivity (Wildman–Crippen MR) is 107 cm³/mol. The average molecular weight is 375 g/mol. The van der Waals surface area contributed by atoms with Crippen molar-refractivity contribution in [2.75, 3.05) is 12.1 Å². The Bertz CT molecular complexity index is 1140. The Morgan fingerprint density at radius 2 is 1.93 bits per heavy atom. The van der Waals surface area contributed by atoms with Crippen molar-refractivity contribution >= 4 is 27.4 Å². The lowest BCUT2D eigenvalue weighted by molar-refractivity contribution is 0.174. The third kappa shape index (κ3) is 2.98. The molecule has 0 bridgehead atoms. The zero-order chi connectivity index (χ0) is 18.2. The summed E-state index contributed by atoms with van der Waals surface area (Å²) in [5, 5.41) is 3.44. The number of nitrogens with zero attached hydrogens (tertiary/aromatic N) is 2. The van der Waals surface area contributed by atoms with E-state index in [1.807, 2.05) is 18.2 Å². The molecule has 2 aromatic carbocycles. The summed E-state index contributed by atoms with van der Waals surface area (Å²) in [6.45, 7) is 3.07. The van der Waals surface area contributed by atoms with Gasteiger partial charge in [-0.3, -0.25) is 0 Å². The number of aromatic nitrogens is 2. The number of aryl methyl sites for hydroxylation is 1. The molecule has 0 saturated heterocycles. The van der Waals surface area contributed by atoms with Crippen LogP contribution in [0.25, 0.3) is 20.7 Å². The minimum atomic E-state index is 0.287. The molecule has 4 aromatic rings. The Labute approximate surface area is 160 Å². The van der Waals surface area contributed by atoms with Gasteiger partial charge in [-0.25, -0.2) is 9.97 Å². The van der Waals surface area contributed by atoms with E-state index in [9.17, 15) is 0 Å². The van der Waals surface area contributed by atoms with Crippen LogP contribution in [0.4, 0.5) is 5.82 Å². The number of anilines is 1. The van der Waals surface area contributed by atoms with Gasteiger partial charge in [0.05, 0.1) is 10.2 Å². The van der Waals surface area contributed by atoms with Gasteiger partial charge in [-0.2, -0.15) is 0 Å². The molecule has 1 N–H and O–H groups in total. The van der Waals surface area contributed by atoms with Gasteiger partial charge < -0.3 is 14.8 Å². The van der Waals surface area contributed by atoms with Crippen LogP contribution in [0.3, 0.4) is 0 Å². The number of thiophene rings is 1. The van der Waals surface area contributed by atoms with Crippen molar-refractivity contribution in [1.82, 2.24) is 9.97 Å². The van der Waals surface area contributed by atoms with Gasteiger partial charge >= 0.3 is 0 Å². The van der Waals surface area contributed by atoms with E-state index in [0.29, 0.717) is 6.54 Å². The van der Waals surface area contributed by atoms with Gasteiger partial charge in [-0.1, -0.05) is 30.3 Å². The topological polar surface area (TPSA) is 56.3 Å². The summed E-state index contributed by atoms with van der Waals surface area (Å²) < 4.78 is 11.9. The molecular weight excluding hydrogens is 358 g/mol. The molecule has 0 aliphatic carbocycles. The Balaban J connectivity index is 1.44. The summed E-state index contributed by atoms with van der Waals surface area (Å²) in [6.07, 6.45) is 1.61. The van der Waals surface area contributed by atoms with Gasteiger partial charge in [-0.05, 0) is 41.8 Å². The molecule has 5 nitrogen and oxygen atoms in total. The van der Waals surface area contributed by atoms with Crippen LogP contribution in [0.15, 0.2) is 54.9 Å². The van der Waals surface area contributed by atoms with E-state index in [0.717, 1.165) is 33.1 Å². The van der Waals surface area contributed by atoms with E-state index >= 15 is 0 Å². The molecule has 0 unspecified atom stereocenters. The van der Waals surface area contributed by atoms with Crippen LogP contribution in [0.5, 0.6) is 11.5 Å². The highest BCUT2D eigenvalue weighted by atomic mass is 32.1. The maximum Gasteiger partial charge on any atom is 0.231 e. The third-order valence-electron chi connectivity index (χ3n) is 4.62. The maximum absolute atomic E-state index is 5.45. The molecule has 0 atom stereocenters. The smallest absolute Gasteiger partial charge is 0.231 e. The van der Waals surface area contributed by atoms with Crippen molar-refractivity contribution in [3.63, 3.8) is 0 Å². The molecule has 1 aliphatic heterocycles. The van der Waals surface area contributed by atoms with Crippen molar-refractivity contribution < 1.29 is 9.47 Å². The lowest BCUT2D eigenvalue weighted by Crippen LogP contribution is -2.01. The first-order chi connectivity index (χ1) is 13.3. The molecule has 0 saturated carbocycles. The molecule has 2 aromatic heterocycles. The number of nitrogens with one attached hydrogen (secondary N) is 1. The molecule has 5 rings (SSSR count). The highest BCUT2D eigenvalue weighted by Crippen LogP contribution is 2.37. The van der Waals surface area contributed by atoms with Gasteiger partial charge in [0.2, 0.25) is 6.79 Å². The maximum atomic E-state index is 5.45. The van der Waals surface area contributed by atoms with Crippen LogP contribution < -0.4 is 14.8 Å². The minimum absolute atomic E-state index is 0.287. The molecule has 0 amide bonds. The number of rotatable bonds is 4. The summed E-state index contributed by atoms with van der Waals surface area (Å²) in [7, 11) is 0. The molecule has 0 fully saturated rings. The van der Waals surface area contributed by atoms with E-state index in [1.165, 1.54) is 16.0 Å². The van der Waals surface area contributed by atoms with Gasteiger partial charge in [0, 0.05) is 11.4 Å². The number of hydrogen-bond donors (Lipinski definition) is 1. The van der Waals surface area contributed by atoms with Crippen LogP contribution in [-0.2, 0) is 6.54 Å². The van der Waals surface area contributed by atoms with Crippen molar-refractivity contribution in [2.45, 2.75) is 13.5 Å². The number of benzene rings is 2. The second-order valence-corrected chi connectivity index (χ2v) is 7.46. The quantitative estimate of drug-likeness (QED) is 0.543. The van der Waals surface area contributed by atoms with Crippen LogP contribution in [-0.4, -0.2) is 16.8 Å². The summed E-state index contributed by atoms with van der Waals surface area (Å²) >= 11 is 1.71. The normalized spacial score (nSPS) is 12.5. The first-order valence-electron chi connectivity index (χ1n) is 8.71. The third-order valence-corrected chi connectivity index (χ3v) is 5.78. The fourth-order valence-corrected chi connectivity index (χ4v) is 4.37. The second kappa shape index (κ2) is 6.55. The zero-order valence-corrected chi connectivity index (χ0v) is 15.5. The molecular formula is C21H17N3O2S. The fraction of sp³-hybridized carbons (Fsp3) is 0.143. The summed E-state index contributed by atoms with van der Waals surface area (Å²) in [5.74, 6) is 2.44. The van der Waals surface area contributed by atoms with E-state index in [1.54, 1.807) is 17.7 Å². The lowest BCUT2D eigenvalue weighted by Gasteiger charge is -2.07. The average Bonchev–Trinajstić information content (AvgIpc) is 3.33. The van der Waals surface area contributed by atoms with Crippen molar-refractivity contribution in [3.05, 3.63) is 66.0 Å². The zero-order valence-electron chi connectivity index (χ0n) is 14.7. The molecule has 6 heteroatoms. The summed E-state index contributed by atoms with van der Waals surface area (Å²) in [4.78, 5) is 10.1. The molecule has 134 valence electrons. The Morgan fingerprint density at radius 3 is 2.85 bits per heavy atom. The Hall–Kier alpha value is -3.12. The monoisotopic (exact) mass is 375 g/mol. The van der Waals surface area contributed by atoms with Gasteiger partial charge in [0.15, 0.2) is 11.5 Å². The summed E-state index contributed by atoms with van der Waals surface area (Å²) in [5.41, 5.74) is 4.57. The first-order valence-corrected chi connectivity index (χ1v) is 9.52. The Kier molecular flexibility index (Phi) is 3.90. The number of ether oxygens (including phenoxy) is 2. The first kappa shape index (κ1) is 16.1. The van der Waals surface area contributed by atoms with Crippen LogP contribution in [0.1, 0.15) is 11.1 Å². The minimum Gasteiger partial charge on any atom is -0.454 e. The molecule has 3 heterocycles. The number of fused-ring (bicyclic) bond motifs is 2. The lowest BCUT2D eigenvalue weighted by atomic mass is 10.1. The van der Waals surface area contributed by atoms with Crippen molar-refractivity contribution in [2.24, 2.45) is 0 Å². The van der Waals surface area contributed by atoms with E-state index < -0.39 is 0 Å². The highest BCUT2D eigenvalue weighted by molar-refractivity contribution is 7.22. The standard InChI is InChI=1S/C21H17N3O2S/c1-13-4-2-3-5-15(13)19-9-16-20(27-19)21(24-11-23-16)22-10-14-6-7-17-18(8-14)26-12-25-17/h2-9,11H,10,12H2,1H3,(H,22,23,24). The van der Waals surface area contributed by atoms with Gasteiger partial charge in [0.1, 0.15) is 12.1 Å². The number of hydrogen-bond acceptors (Lipinski definition) is 6. The SMILES string of the molecule is Cc1ccccc1-c1cc2ncnc(NCc3ccc4c(c3)OCO4)c2s1. The van der Waals surface area contributed by atoms with E-state index in [4.69, 9.17) is 9.47 Å². The second-order valence-electron chi connectivity index (χ2n) is 6.40. The molecule has 0 spiro atoms. The van der Waals surface area contributed by atoms with E-state index in [-0.39, 0.29) is 6.79 Å². The van der Waals surface area contributed by atoms with Crippen LogP contribution in [0, 0.1) is 6.92 Å². The summed E-state index contributed by atoms with van der Waals surface area (Å²) in [6, 6.07) is 16.5. The largest absolute Gasteiger partial charge is 0.454 e.